The molecule has 3 aromatic heterocycles. The summed E-state index contributed by atoms with van der Waals surface area (Å²) in [6.07, 6.45) is 8.41. The Bertz CT molecular complexity index is 2530. The maximum Gasteiger partial charge on any atom is 0.118 e. The second-order valence-electron chi connectivity index (χ2n) is 12.7. The highest BCUT2D eigenvalue weighted by atomic mass is 16.5. The average Bonchev–Trinajstić information content (AvgIpc) is 4.04. The van der Waals surface area contributed by atoms with Gasteiger partial charge in [-0.1, -0.05) is 84.9 Å². The van der Waals surface area contributed by atoms with Crippen molar-refractivity contribution in [2.45, 2.75) is 0 Å². The summed E-state index contributed by atoms with van der Waals surface area (Å²) in [7, 11) is 3.37. The van der Waals surface area contributed by atoms with Crippen molar-refractivity contribution in [1.29, 1.82) is 0 Å². The van der Waals surface area contributed by atoms with Crippen molar-refractivity contribution in [2.75, 3.05) is 14.2 Å². The second kappa shape index (κ2) is 13.1. The first-order chi connectivity index (χ1) is 25.7. The normalized spacial score (nSPS) is 11.9. The van der Waals surface area contributed by atoms with E-state index in [-0.39, 0.29) is 0 Å². The Hall–Kier alpha value is -6.92. The van der Waals surface area contributed by atoms with Crippen LogP contribution in [0.1, 0.15) is 22.8 Å². The minimum absolute atomic E-state index is 0.792. The van der Waals surface area contributed by atoms with Crippen molar-refractivity contribution in [3.05, 3.63) is 156 Å². The van der Waals surface area contributed by atoms with Gasteiger partial charge in [0.25, 0.3) is 0 Å². The van der Waals surface area contributed by atoms with Gasteiger partial charge in [-0.3, -0.25) is 0 Å². The van der Waals surface area contributed by atoms with Gasteiger partial charge in [0.2, 0.25) is 0 Å². The Kier molecular flexibility index (Phi) is 7.82. The number of hydrogen-bond donors (Lipinski definition) is 2. The summed E-state index contributed by atoms with van der Waals surface area (Å²) < 4.78 is 11.0. The number of rotatable bonds is 6. The number of nitrogens with one attached hydrogen (secondary N) is 2. The molecule has 5 heterocycles. The summed E-state index contributed by atoms with van der Waals surface area (Å²) in [5, 5.41) is 0. The van der Waals surface area contributed by atoms with Crippen LogP contribution in [0, 0.1) is 0 Å². The van der Waals surface area contributed by atoms with E-state index in [2.05, 4.69) is 131 Å². The smallest absolute Gasteiger partial charge is 0.118 e. The van der Waals surface area contributed by atoms with Gasteiger partial charge in [-0.25, -0.2) is 9.97 Å². The molecule has 2 aliphatic heterocycles. The molecule has 7 aromatic rings. The minimum atomic E-state index is 0.792. The lowest BCUT2D eigenvalue weighted by Crippen LogP contribution is -1.91. The first-order valence-corrected chi connectivity index (χ1v) is 17.2. The lowest BCUT2D eigenvalue weighted by atomic mass is 10.0. The molecule has 250 valence electrons. The number of hydrogen-bond acceptors (Lipinski definition) is 4. The van der Waals surface area contributed by atoms with E-state index in [1.165, 1.54) is 0 Å². The number of ether oxygens (including phenoxy) is 2. The zero-order valence-corrected chi connectivity index (χ0v) is 28.7. The maximum atomic E-state index is 5.52. The number of fused-ring (bicyclic) bond motifs is 8. The van der Waals surface area contributed by atoms with Crippen LogP contribution in [0.15, 0.2) is 133 Å². The lowest BCUT2D eigenvalue weighted by Gasteiger charge is -2.08. The van der Waals surface area contributed by atoms with Crippen LogP contribution in [-0.4, -0.2) is 34.2 Å². The van der Waals surface area contributed by atoms with Crippen molar-refractivity contribution in [3.63, 3.8) is 0 Å². The van der Waals surface area contributed by atoms with Crippen LogP contribution in [-0.2, 0) is 0 Å². The Balaban J connectivity index is 1.45. The average molecular weight is 675 g/mol. The highest BCUT2D eigenvalue weighted by molar-refractivity contribution is 6.00. The molecule has 2 N–H and O–H groups in total. The topological polar surface area (TPSA) is 75.8 Å². The Morgan fingerprint density at radius 3 is 1.06 bits per heavy atom. The molecule has 8 bridgehead atoms. The van der Waals surface area contributed by atoms with Crippen LogP contribution in [0.4, 0.5) is 0 Å². The van der Waals surface area contributed by atoms with E-state index in [4.69, 9.17) is 19.4 Å². The summed E-state index contributed by atoms with van der Waals surface area (Å²) >= 11 is 0. The standard InChI is InChI=1S/C46H34N4O2/c1-51-33-17-13-31(14-18-33)45-39-25-21-35(47-39)43(29-9-5-3-6-10-29)37-23-27-41(49-37)46(32-15-19-34(52-2)20-16-32)42-28-24-38(50-42)44(30-11-7-4-8-12-30)36-22-26-40(45)48-36/h3-28,47-48H,1-2H3. The summed E-state index contributed by atoms with van der Waals surface area (Å²) in [4.78, 5) is 18.3. The molecular formula is C46H34N4O2. The van der Waals surface area contributed by atoms with E-state index < -0.39 is 0 Å². The summed E-state index contributed by atoms with van der Waals surface area (Å²) in [5.41, 5.74) is 15.5. The number of aromatic nitrogens is 4. The molecule has 6 nitrogen and oxygen atoms in total. The van der Waals surface area contributed by atoms with Crippen LogP contribution in [0.5, 0.6) is 11.5 Å². The molecule has 0 saturated carbocycles. The van der Waals surface area contributed by atoms with E-state index in [1.54, 1.807) is 14.2 Å². The monoisotopic (exact) mass is 674 g/mol. The van der Waals surface area contributed by atoms with Gasteiger partial charge in [-0.2, -0.15) is 0 Å². The largest absolute Gasteiger partial charge is 0.497 e. The van der Waals surface area contributed by atoms with Gasteiger partial charge in [0.05, 0.1) is 37.0 Å². The van der Waals surface area contributed by atoms with Crippen molar-refractivity contribution in [2.24, 2.45) is 0 Å². The molecule has 0 saturated heterocycles. The minimum Gasteiger partial charge on any atom is -0.497 e. The molecule has 0 unspecified atom stereocenters. The molecule has 0 spiro atoms. The fourth-order valence-electron chi connectivity index (χ4n) is 7.15. The van der Waals surface area contributed by atoms with E-state index in [9.17, 15) is 0 Å². The molecule has 0 amide bonds. The molecule has 9 rings (SSSR count). The van der Waals surface area contributed by atoms with Crippen LogP contribution >= 0.6 is 0 Å². The Morgan fingerprint density at radius 2 is 0.673 bits per heavy atom. The van der Waals surface area contributed by atoms with E-state index in [0.29, 0.717) is 0 Å². The van der Waals surface area contributed by atoms with Crippen LogP contribution in [0.3, 0.4) is 0 Å². The van der Waals surface area contributed by atoms with E-state index in [1.807, 2.05) is 36.4 Å². The summed E-state index contributed by atoms with van der Waals surface area (Å²) in [6.45, 7) is 0. The number of nitrogens with zero attached hydrogens (tertiary/aromatic N) is 2. The van der Waals surface area contributed by atoms with Crippen LogP contribution in [0.2, 0.25) is 0 Å². The predicted molar refractivity (Wildman–Crippen MR) is 214 cm³/mol. The zero-order valence-electron chi connectivity index (χ0n) is 28.7. The fourth-order valence-corrected chi connectivity index (χ4v) is 7.15. The van der Waals surface area contributed by atoms with Crippen molar-refractivity contribution >= 4 is 46.4 Å². The van der Waals surface area contributed by atoms with E-state index in [0.717, 1.165) is 101 Å². The van der Waals surface area contributed by atoms with Gasteiger partial charge in [-0.05, 0) is 95.1 Å². The Morgan fingerprint density at radius 1 is 0.346 bits per heavy atom. The highest BCUT2D eigenvalue weighted by Gasteiger charge is 2.19. The molecule has 0 fully saturated rings. The quantitative estimate of drug-likeness (QED) is 0.184. The van der Waals surface area contributed by atoms with Gasteiger partial charge in [0.1, 0.15) is 11.5 Å². The second-order valence-corrected chi connectivity index (χ2v) is 12.7. The van der Waals surface area contributed by atoms with Gasteiger partial charge >= 0.3 is 0 Å². The third kappa shape index (κ3) is 5.56. The van der Waals surface area contributed by atoms with Crippen LogP contribution in [0.25, 0.3) is 90.9 Å². The predicted octanol–water partition coefficient (Wildman–Crippen LogP) is 11.3. The van der Waals surface area contributed by atoms with Crippen LogP contribution < -0.4 is 9.47 Å². The molecule has 0 radical (unpaired) electrons. The highest BCUT2D eigenvalue weighted by Crippen LogP contribution is 2.38. The number of benzene rings is 4. The summed E-state index contributed by atoms with van der Waals surface area (Å²) in [6, 6.07) is 45.8. The van der Waals surface area contributed by atoms with Crippen molar-refractivity contribution < 1.29 is 9.47 Å². The first kappa shape index (κ1) is 31.1. The number of H-pyrrole nitrogens is 2. The summed E-state index contributed by atoms with van der Waals surface area (Å²) in [5.74, 6) is 1.60. The van der Waals surface area contributed by atoms with Gasteiger partial charge < -0.3 is 19.4 Å². The molecular weight excluding hydrogens is 641 g/mol. The first-order valence-electron chi connectivity index (χ1n) is 17.2. The molecule has 0 atom stereocenters. The lowest BCUT2D eigenvalue weighted by molar-refractivity contribution is 0.415. The molecule has 0 aliphatic carbocycles. The molecule has 2 aliphatic rings. The van der Waals surface area contributed by atoms with Crippen molar-refractivity contribution in [1.82, 2.24) is 19.9 Å². The number of methoxy groups -OCH3 is 2. The Labute approximate surface area is 301 Å². The molecule has 6 heteroatoms. The third-order valence-corrected chi connectivity index (χ3v) is 9.64. The SMILES string of the molecule is COc1ccc(-c2c3nc(c(-c4ccccc4)c4ccc([nH]4)c(-c4ccc(OC)cc4)c4ccc([nH]4)c(-c4ccccc4)c4nc2C=C4)C=C3)cc1. The molecule has 4 aromatic carbocycles. The fraction of sp³-hybridized carbons (Fsp3) is 0.0435. The number of aromatic amines is 2. The van der Waals surface area contributed by atoms with Crippen molar-refractivity contribution in [3.8, 4) is 56.0 Å². The maximum absolute atomic E-state index is 5.52. The van der Waals surface area contributed by atoms with Gasteiger partial charge in [0, 0.05) is 44.3 Å². The van der Waals surface area contributed by atoms with Gasteiger partial charge in [0.15, 0.2) is 0 Å². The molecule has 52 heavy (non-hydrogen) atoms. The van der Waals surface area contributed by atoms with Gasteiger partial charge in [-0.15, -0.1) is 0 Å². The van der Waals surface area contributed by atoms with E-state index >= 15 is 0 Å². The zero-order chi connectivity index (χ0) is 35.0. The third-order valence-electron chi connectivity index (χ3n) is 9.64.